The number of nitrogens with one attached hydrogen (secondary N) is 2. The summed E-state index contributed by atoms with van der Waals surface area (Å²) < 4.78 is 13.9. The molecule has 2 aromatic rings. The number of hydrogen-bond donors (Lipinski definition) is 4. The summed E-state index contributed by atoms with van der Waals surface area (Å²) in [6.45, 7) is -0.403. The highest BCUT2D eigenvalue weighted by Crippen LogP contribution is 2.30. The zero-order chi connectivity index (χ0) is 12.4. The monoisotopic (exact) mass is 259 g/mol. The molecule has 1 atom stereocenters. The van der Waals surface area contributed by atoms with Crippen LogP contribution in [0.15, 0.2) is 12.4 Å². The van der Waals surface area contributed by atoms with Gasteiger partial charge in [0.2, 0.25) is 0 Å². The molecule has 7 heteroatoms. The van der Waals surface area contributed by atoms with E-state index in [0.29, 0.717) is 5.52 Å². The normalized spacial score (nSPS) is 12.9. The van der Waals surface area contributed by atoms with Crippen molar-refractivity contribution >= 4 is 28.3 Å². The van der Waals surface area contributed by atoms with Gasteiger partial charge in [0.25, 0.3) is 0 Å². The first kappa shape index (κ1) is 12.1. The third-order valence-electron chi connectivity index (χ3n) is 2.33. The average Bonchev–Trinajstić information content (AvgIpc) is 2.76. The predicted octanol–water partition coefficient (Wildman–Crippen LogP) is 1.12. The topological polar surface area (TPSA) is 81.2 Å². The highest BCUT2D eigenvalue weighted by atomic mass is 35.5. The molecule has 1 unspecified atom stereocenters. The summed E-state index contributed by atoms with van der Waals surface area (Å²) in [4.78, 5) is 6.58. The number of anilines is 1. The summed E-state index contributed by atoms with van der Waals surface area (Å²) in [5, 5.41) is 20.7. The number of imidazole rings is 1. The number of aliphatic hydroxyl groups excluding tert-OH is 2. The Balaban J connectivity index is 2.32. The van der Waals surface area contributed by atoms with Crippen LogP contribution in [0.2, 0.25) is 5.02 Å². The van der Waals surface area contributed by atoms with Gasteiger partial charge in [0.15, 0.2) is 5.82 Å². The second-order valence-electron chi connectivity index (χ2n) is 3.56. The van der Waals surface area contributed by atoms with Crippen LogP contribution in [-0.2, 0) is 0 Å². The Bertz CT molecular complexity index is 531. The van der Waals surface area contributed by atoms with E-state index in [9.17, 15) is 9.50 Å². The summed E-state index contributed by atoms with van der Waals surface area (Å²) in [5.41, 5.74) is 0.745. The number of aliphatic hydroxyl groups is 2. The molecule has 0 aliphatic carbocycles. The average molecular weight is 260 g/mol. The van der Waals surface area contributed by atoms with Crippen molar-refractivity contribution in [3.8, 4) is 0 Å². The lowest BCUT2D eigenvalue weighted by molar-refractivity contribution is 0.105. The first-order valence-electron chi connectivity index (χ1n) is 4.97. The molecule has 0 fully saturated rings. The lowest BCUT2D eigenvalue weighted by Crippen LogP contribution is -2.23. The van der Waals surface area contributed by atoms with Gasteiger partial charge in [-0.15, -0.1) is 0 Å². The number of hydrogen-bond acceptors (Lipinski definition) is 4. The van der Waals surface area contributed by atoms with Crippen molar-refractivity contribution in [2.45, 2.75) is 6.10 Å². The van der Waals surface area contributed by atoms with Crippen LogP contribution in [0.3, 0.4) is 0 Å². The van der Waals surface area contributed by atoms with Crippen LogP contribution in [0.4, 0.5) is 10.1 Å². The van der Waals surface area contributed by atoms with E-state index in [-0.39, 0.29) is 22.8 Å². The first-order valence-corrected chi connectivity index (χ1v) is 5.35. The van der Waals surface area contributed by atoms with E-state index in [1.54, 1.807) is 6.07 Å². The molecule has 0 saturated carbocycles. The van der Waals surface area contributed by atoms with E-state index in [4.69, 9.17) is 16.7 Å². The van der Waals surface area contributed by atoms with Crippen molar-refractivity contribution < 1.29 is 14.6 Å². The number of benzene rings is 1. The van der Waals surface area contributed by atoms with Crippen LogP contribution in [-0.4, -0.2) is 39.4 Å². The van der Waals surface area contributed by atoms with Crippen LogP contribution in [0, 0.1) is 5.82 Å². The molecular weight excluding hydrogens is 249 g/mol. The molecular formula is C10H11ClFN3O2. The fourth-order valence-electron chi connectivity index (χ4n) is 1.46. The Labute approximate surface area is 101 Å². The number of rotatable bonds is 4. The van der Waals surface area contributed by atoms with Crippen molar-refractivity contribution in [1.82, 2.24) is 9.97 Å². The van der Waals surface area contributed by atoms with Gasteiger partial charge >= 0.3 is 0 Å². The molecule has 1 heterocycles. The number of fused-ring (bicyclic) bond motifs is 1. The van der Waals surface area contributed by atoms with Gasteiger partial charge in [-0.25, -0.2) is 9.37 Å². The minimum Gasteiger partial charge on any atom is -0.394 e. The number of nitrogens with zero attached hydrogens (tertiary/aromatic N) is 1. The van der Waals surface area contributed by atoms with E-state index in [1.165, 1.54) is 6.33 Å². The van der Waals surface area contributed by atoms with E-state index in [2.05, 4.69) is 15.3 Å². The van der Waals surface area contributed by atoms with Crippen LogP contribution in [0.5, 0.6) is 0 Å². The SMILES string of the molecule is OCC(O)CNc1c(Cl)cc2[nH]cnc2c1F. The second-order valence-corrected chi connectivity index (χ2v) is 3.97. The standard InChI is InChI=1S/C10H11ClFN3O2/c11-6-1-7-10(15-4-14-7)8(12)9(6)13-2-5(17)3-16/h1,4-5,13,16-17H,2-3H2,(H,14,15). The largest absolute Gasteiger partial charge is 0.394 e. The predicted molar refractivity (Wildman–Crippen MR) is 62.6 cm³/mol. The highest BCUT2D eigenvalue weighted by molar-refractivity contribution is 6.34. The lowest BCUT2D eigenvalue weighted by Gasteiger charge is -2.12. The fraction of sp³-hybridized carbons (Fsp3) is 0.300. The highest BCUT2D eigenvalue weighted by Gasteiger charge is 2.14. The molecule has 0 radical (unpaired) electrons. The Hall–Kier alpha value is -1.37. The van der Waals surface area contributed by atoms with Crippen molar-refractivity contribution in [3.05, 3.63) is 23.2 Å². The first-order chi connectivity index (χ1) is 8.13. The third kappa shape index (κ3) is 2.33. The molecule has 92 valence electrons. The minimum absolute atomic E-state index is 0.00305. The molecule has 0 saturated heterocycles. The summed E-state index contributed by atoms with van der Waals surface area (Å²) in [6, 6.07) is 1.54. The molecule has 1 aromatic heterocycles. The lowest BCUT2D eigenvalue weighted by atomic mass is 10.2. The van der Waals surface area contributed by atoms with Gasteiger partial charge < -0.3 is 20.5 Å². The van der Waals surface area contributed by atoms with Crippen molar-refractivity contribution in [2.75, 3.05) is 18.5 Å². The van der Waals surface area contributed by atoms with Gasteiger partial charge in [0.05, 0.1) is 35.3 Å². The molecule has 5 nitrogen and oxygen atoms in total. The van der Waals surface area contributed by atoms with Gasteiger partial charge in [-0.05, 0) is 6.07 Å². The molecule has 0 bridgehead atoms. The van der Waals surface area contributed by atoms with Gasteiger partial charge in [-0.1, -0.05) is 11.6 Å². The van der Waals surface area contributed by atoms with Gasteiger partial charge in [-0.2, -0.15) is 0 Å². The number of halogens is 2. The molecule has 0 spiro atoms. The molecule has 1 aromatic carbocycles. The Kier molecular flexibility index (Phi) is 3.46. The zero-order valence-electron chi connectivity index (χ0n) is 8.74. The number of aromatic nitrogens is 2. The maximum atomic E-state index is 13.9. The van der Waals surface area contributed by atoms with Gasteiger partial charge in [-0.3, -0.25) is 0 Å². The fourth-order valence-corrected chi connectivity index (χ4v) is 1.72. The van der Waals surface area contributed by atoms with E-state index < -0.39 is 18.5 Å². The van der Waals surface area contributed by atoms with E-state index in [1.807, 2.05) is 0 Å². The molecule has 0 aliphatic heterocycles. The van der Waals surface area contributed by atoms with Crippen LogP contribution >= 0.6 is 11.6 Å². The maximum Gasteiger partial charge on any atom is 0.175 e. The summed E-state index contributed by atoms with van der Waals surface area (Å²) >= 11 is 5.90. The zero-order valence-corrected chi connectivity index (χ0v) is 9.50. The van der Waals surface area contributed by atoms with E-state index in [0.717, 1.165) is 0 Å². The van der Waals surface area contributed by atoms with Crippen LogP contribution in [0.1, 0.15) is 0 Å². The summed E-state index contributed by atoms with van der Waals surface area (Å²) in [6.07, 6.45) is 0.400. The van der Waals surface area contributed by atoms with Gasteiger partial charge in [0, 0.05) is 6.54 Å². The summed E-state index contributed by atoms with van der Waals surface area (Å²) in [7, 11) is 0. The number of aromatic amines is 1. The molecule has 0 aliphatic rings. The van der Waals surface area contributed by atoms with Crippen molar-refractivity contribution in [2.24, 2.45) is 0 Å². The molecule has 0 amide bonds. The third-order valence-corrected chi connectivity index (χ3v) is 2.63. The quantitative estimate of drug-likeness (QED) is 0.663. The van der Waals surface area contributed by atoms with Crippen molar-refractivity contribution in [3.63, 3.8) is 0 Å². The Morgan fingerprint density at radius 1 is 1.59 bits per heavy atom. The smallest absolute Gasteiger partial charge is 0.175 e. The molecule has 17 heavy (non-hydrogen) atoms. The molecule has 2 rings (SSSR count). The van der Waals surface area contributed by atoms with E-state index >= 15 is 0 Å². The Morgan fingerprint density at radius 3 is 3.06 bits per heavy atom. The Morgan fingerprint density at radius 2 is 2.35 bits per heavy atom. The van der Waals surface area contributed by atoms with Crippen LogP contribution < -0.4 is 5.32 Å². The maximum absolute atomic E-state index is 13.9. The number of H-pyrrole nitrogens is 1. The molecule has 4 N–H and O–H groups in total. The summed E-state index contributed by atoms with van der Waals surface area (Å²) in [5.74, 6) is -0.584. The second kappa shape index (κ2) is 4.87. The van der Waals surface area contributed by atoms with Gasteiger partial charge in [0.1, 0.15) is 5.52 Å². The minimum atomic E-state index is -0.972. The van der Waals surface area contributed by atoms with Crippen LogP contribution in [0.25, 0.3) is 11.0 Å². The van der Waals surface area contributed by atoms with Crippen molar-refractivity contribution in [1.29, 1.82) is 0 Å².